The Morgan fingerprint density at radius 1 is 1.21 bits per heavy atom. The molecule has 164 valence electrons. The van der Waals surface area contributed by atoms with Crippen LogP contribution in [0.5, 0.6) is 0 Å². The number of hydrogen-bond acceptors (Lipinski definition) is 5. The molecule has 1 fully saturated rings. The minimum atomic E-state index is -0.480. The lowest BCUT2D eigenvalue weighted by atomic mass is 10.0. The number of aliphatic imine (C=N–C) groups is 1. The summed E-state index contributed by atoms with van der Waals surface area (Å²) in [5.41, 5.74) is -0.462. The molecule has 1 unspecified atom stereocenters. The molecule has 0 aromatic rings. The van der Waals surface area contributed by atoms with Gasteiger partial charge in [-0.2, -0.15) is 0 Å². The van der Waals surface area contributed by atoms with Crippen LogP contribution in [0.4, 0.5) is 4.79 Å². The molecule has 0 saturated carbocycles. The topological polar surface area (TPSA) is 78.4 Å². The van der Waals surface area contributed by atoms with Crippen LogP contribution in [-0.4, -0.2) is 93.0 Å². The predicted octanol–water partition coefficient (Wildman–Crippen LogP) is 1.77. The summed E-state index contributed by atoms with van der Waals surface area (Å²) in [7, 11) is 3.54. The van der Waals surface area contributed by atoms with Gasteiger partial charge in [0.1, 0.15) is 5.60 Å². The van der Waals surface area contributed by atoms with Gasteiger partial charge in [0.2, 0.25) is 0 Å². The summed E-state index contributed by atoms with van der Waals surface area (Å²) in [4.78, 5) is 20.5. The van der Waals surface area contributed by atoms with Gasteiger partial charge in [0.25, 0.3) is 0 Å². The second kappa shape index (κ2) is 10.9. The molecule has 8 heteroatoms. The fourth-order valence-electron chi connectivity index (χ4n) is 3.02. The Kier molecular flexibility index (Phi) is 9.50. The third kappa shape index (κ3) is 9.10. The summed E-state index contributed by atoms with van der Waals surface area (Å²) in [6.45, 7) is 17.8. The average Bonchev–Trinajstić information content (AvgIpc) is 2.61. The highest BCUT2D eigenvalue weighted by molar-refractivity contribution is 5.79. The Labute approximate surface area is 171 Å². The van der Waals surface area contributed by atoms with Gasteiger partial charge in [-0.15, -0.1) is 0 Å². The standard InChI is InChI=1S/C20H41N5O3/c1-16(14-24(8)18(26)28-19(2,3)4)13-22-17(21-7)23-15-20(5,6)25-9-11-27-12-10-25/h16H,9-15H2,1-8H3,(H2,21,22,23). The Bertz CT molecular complexity index is 510. The second-order valence-electron chi connectivity index (χ2n) is 9.18. The summed E-state index contributed by atoms with van der Waals surface area (Å²) < 4.78 is 10.8. The summed E-state index contributed by atoms with van der Waals surface area (Å²) in [5.74, 6) is 1.02. The molecule has 1 amide bonds. The first kappa shape index (κ1) is 24.5. The van der Waals surface area contributed by atoms with E-state index in [0.717, 1.165) is 38.8 Å². The largest absolute Gasteiger partial charge is 0.444 e. The number of carbonyl (C=O) groups is 1. The van der Waals surface area contributed by atoms with Gasteiger partial charge in [0, 0.05) is 52.4 Å². The highest BCUT2D eigenvalue weighted by Gasteiger charge is 2.28. The third-order valence-corrected chi connectivity index (χ3v) is 4.69. The van der Waals surface area contributed by atoms with Crippen LogP contribution in [-0.2, 0) is 9.47 Å². The molecule has 1 saturated heterocycles. The zero-order valence-electron chi connectivity index (χ0n) is 19.1. The Morgan fingerprint density at radius 2 is 1.82 bits per heavy atom. The molecular formula is C20H41N5O3. The summed E-state index contributed by atoms with van der Waals surface area (Å²) in [6, 6.07) is 0. The highest BCUT2D eigenvalue weighted by atomic mass is 16.6. The SMILES string of the molecule is CN=C(NCC(C)CN(C)C(=O)OC(C)(C)C)NCC(C)(C)N1CCOCC1. The minimum absolute atomic E-state index is 0.0178. The van der Waals surface area contributed by atoms with Crippen molar-refractivity contribution in [1.29, 1.82) is 0 Å². The number of nitrogens with one attached hydrogen (secondary N) is 2. The van der Waals surface area contributed by atoms with Crippen LogP contribution in [0.1, 0.15) is 41.5 Å². The Morgan fingerprint density at radius 3 is 2.36 bits per heavy atom. The zero-order chi connectivity index (χ0) is 21.4. The fourth-order valence-corrected chi connectivity index (χ4v) is 3.02. The van der Waals surface area contributed by atoms with E-state index in [9.17, 15) is 4.79 Å². The van der Waals surface area contributed by atoms with Crippen LogP contribution in [0.15, 0.2) is 4.99 Å². The van der Waals surface area contributed by atoms with Crippen molar-refractivity contribution in [3.8, 4) is 0 Å². The van der Waals surface area contributed by atoms with E-state index < -0.39 is 5.60 Å². The van der Waals surface area contributed by atoms with E-state index in [1.807, 2.05) is 20.8 Å². The molecule has 0 spiro atoms. The normalized spacial score (nSPS) is 17.8. The molecule has 2 N–H and O–H groups in total. The predicted molar refractivity (Wildman–Crippen MR) is 114 cm³/mol. The first-order valence-electron chi connectivity index (χ1n) is 10.2. The zero-order valence-corrected chi connectivity index (χ0v) is 19.1. The number of rotatable bonds is 7. The lowest BCUT2D eigenvalue weighted by molar-refractivity contribution is -0.00834. The van der Waals surface area contributed by atoms with E-state index in [-0.39, 0.29) is 17.6 Å². The maximum absolute atomic E-state index is 12.1. The molecule has 0 aliphatic carbocycles. The molecule has 1 heterocycles. The van der Waals surface area contributed by atoms with Crippen molar-refractivity contribution in [2.75, 3.05) is 60.0 Å². The van der Waals surface area contributed by atoms with Crippen LogP contribution in [0.3, 0.4) is 0 Å². The fraction of sp³-hybridized carbons (Fsp3) is 0.900. The van der Waals surface area contributed by atoms with E-state index in [1.54, 1.807) is 19.0 Å². The van der Waals surface area contributed by atoms with Crippen LogP contribution in [0.25, 0.3) is 0 Å². The third-order valence-electron chi connectivity index (χ3n) is 4.69. The number of amides is 1. The van der Waals surface area contributed by atoms with Gasteiger partial charge in [-0.1, -0.05) is 6.92 Å². The summed E-state index contributed by atoms with van der Waals surface area (Å²) >= 11 is 0. The molecule has 1 rings (SSSR count). The second-order valence-corrected chi connectivity index (χ2v) is 9.18. The first-order chi connectivity index (χ1) is 12.9. The van der Waals surface area contributed by atoms with Crippen LogP contribution in [0, 0.1) is 5.92 Å². The number of ether oxygens (including phenoxy) is 2. The molecule has 8 nitrogen and oxygen atoms in total. The number of morpholine rings is 1. The van der Waals surface area contributed by atoms with Crippen molar-refractivity contribution in [3.63, 3.8) is 0 Å². The van der Waals surface area contributed by atoms with Crippen molar-refractivity contribution in [1.82, 2.24) is 20.4 Å². The van der Waals surface area contributed by atoms with Crippen molar-refractivity contribution in [3.05, 3.63) is 0 Å². The van der Waals surface area contributed by atoms with E-state index in [4.69, 9.17) is 9.47 Å². The molecule has 1 atom stereocenters. The quantitative estimate of drug-likeness (QED) is 0.502. The van der Waals surface area contributed by atoms with E-state index in [0.29, 0.717) is 13.1 Å². The molecule has 1 aliphatic rings. The molecule has 0 aromatic heterocycles. The molecule has 0 radical (unpaired) electrons. The van der Waals surface area contributed by atoms with Gasteiger partial charge < -0.3 is 25.0 Å². The summed E-state index contributed by atoms with van der Waals surface area (Å²) in [6.07, 6.45) is -0.297. The van der Waals surface area contributed by atoms with Gasteiger partial charge in [0.05, 0.1) is 13.2 Å². The van der Waals surface area contributed by atoms with Gasteiger partial charge in [-0.05, 0) is 40.5 Å². The average molecular weight is 400 g/mol. The van der Waals surface area contributed by atoms with E-state index in [1.165, 1.54) is 0 Å². The van der Waals surface area contributed by atoms with Crippen molar-refractivity contribution in [2.24, 2.45) is 10.9 Å². The van der Waals surface area contributed by atoms with Crippen LogP contribution in [0.2, 0.25) is 0 Å². The lowest BCUT2D eigenvalue weighted by Crippen LogP contribution is -2.56. The Hall–Kier alpha value is -1.54. The number of nitrogens with zero attached hydrogens (tertiary/aromatic N) is 3. The van der Waals surface area contributed by atoms with Crippen LogP contribution < -0.4 is 10.6 Å². The highest BCUT2D eigenvalue weighted by Crippen LogP contribution is 2.15. The molecule has 0 bridgehead atoms. The maximum atomic E-state index is 12.1. The van der Waals surface area contributed by atoms with Crippen molar-refractivity contribution in [2.45, 2.75) is 52.7 Å². The van der Waals surface area contributed by atoms with E-state index >= 15 is 0 Å². The van der Waals surface area contributed by atoms with E-state index in [2.05, 4.69) is 41.3 Å². The maximum Gasteiger partial charge on any atom is 0.410 e. The molecule has 1 aliphatic heterocycles. The van der Waals surface area contributed by atoms with Gasteiger partial charge in [-0.25, -0.2) is 4.79 Å². The molecule has 0 aromatic carbocycles. The number of hydrogen-bond donors (Lipinski definition) is 2. The smallest absolute Gasteiger partial charge is 0.410 e. The summed E-state index contributed by atoms with van der Waals surface area (Å²) in [5, 5.41) is 6.77. The lowest BCUT2D eigenvalue weighted by Gasteiger charge is -2.41. The number of carbonyl (C=O) groups excluding carboxylic acids is 1. The first-order valence-corrected chi connectivity index (χ1v) is 10.2. The van der Waals surface area contributed by atoms with Crippen molar-refractivity contribution < 1.29 is 14.3 Å². The van der Waals surface area contributed by atoms with Crippen molar-refractivity contribution >= 4 is 12.1 Å². The van der Waals surface area contributed by atoms with Gasteiger partial charge in [0.15, 0.2) is 5.96 Å². The van der Waals surface area contributed by atoms with Gasteiger partial charge >= 0.3 is 6.09 Å². The Balaban J connectivity index is 2.39. The molecular weight excluding hydrogens is 358 g/mol. The van der Waals surface area contributed by atoms with Crippen LogP contribution >= 0.6 is 0 Å². The number of guanidine groups is 1. The monoisotopic (exact) mass is 399 g/mol. The molecule has 28 heavy (non-hydrogen) atoms. The van der Waals surface area contributed by atoms with Gasteiger partial charge in [-0.3, -0.25) is 9.89 Å². The minimum Gasteiger partial charge on any atom is -0.444 e.